The smallest absolute Gasteiger partial charge is 0.303 e. The Kier molecular flexibility index (Phi) is 44.9. The van der Waals surface area contributed by atoms with E-state index in [0.717, 1.165) is 65.8 Å². The largest absolute Gasteiger partial charge is 0.494 e. The molecule has 3 aliphatic rings. The normalized spacial score (nSPS) is 22.9. The lowest BCUT2D eigenvalue weighted by Gasteiger charge is -2.50. The van der Waals surface area contributed by atoms with E-state index in [1.807, 2.05) is 93.6 Å². The summed E-state index contributed by atoms with van der Waals surface area (Å²) in [5.74, 6) is -2.41. The van der Waals surface area contributed by atoms with Gasteiger partial charge in [0, 0.05) is 95.8 Å². The number of esters is 8. The van der Waals surface area contributed by atoms with Crippen LogP contribution in [0.3, 0.4) is 0 Å². The Morgan fingerprint density at radius 1 is 0.405 bits per heavy atom. The Labute approximate surface area is 720 Å². The number of carbonyl (C=O) groups excluding carboxylic acids is 8. The minimum absolute atomic E-state index is 0. The summed E-state index contributed by atoms with van der Waals surface area (Å²) in [6.45, 7) is 15.3. The van der Waals surface area contributed by atoms with E-state index in [4.69, 9.17) is 121 Å². The molecule has 3 heterocycles. The zero-order valence-electron chi connectivity index (χ0n) is 67.5. The van der Waals surface area contributed by atoms with Crippen molar-refractivity contribution in [2.24, 2.45) is 0 Å². The average Bonchev–Trinajstić information content (AvgIpc) is 0.739. The number of aliphatic hydroxyl groups excluding tert-OH is 6. The van der Waals surface area contributed by atoms with Crippen molar-refractivity contribution in [2.45, 2.75) is 209 Å². The molecule has 121 heavy (non-hydrogen) atoms. The second-order valence-electron chi connectivity index (χ2n) is 26.7. The number of benzene rings is 6. The third-order valence-corrected chi connectivity index (χ3v) is 19.2. The molecular formula is C88H113Cl3O30. The SMILES string of the molecule is C.C.C.CCOc1ccc(Cc2cc([C@@H]3O[C@H](COC(C)=O)[C@@H](OC(C)=O)[C@H](OC(C)=O)[C@H]3OC(C)=O)ccc2Cl)cc1.CCOc1ccc(Cc2cc([C@]3(OC)O[C@H](CO)[C@@H](O)[C@H](O)[C@H]3O)ccc2Cl)cc1.CCOc1ccc(Cc2cc([C@]3(OC)O[C@H](COC(C)=O)[C@@H](OC(C)=O)[C@H](OC(C)=O)[C@H]3OC(C)=O)ccc2Cl)cc1.OCC#CCO. The van der Waals surface area contributed by atoms with Gasteiger partial charge in [-0.2, -0.15) is 0 Å². The first-order valence-electron chi connectivity index (χ1n) is 37.4. The van der Waals surface area contributed by atoms with Crippen molar-refractivity contribution >= 4 is 82.6 Å². The molecule has 666 valence electrons. The van der Waals surface area contributed by atoms with Crippen molar-refractivity contribution in [2.75, 3.05) is 67.1 Å². The van der Waals surface area contributed by atoms with Gasteiger partial charge in [0.2, 0.25) is 17.7 Å². The van der Waals surface area contributed by atoms with Crippen molar-refractivity contribution in [3.8, 4) is 29.1 Å². The predicted octanol–water partition coefficient (Wildman–Crippen LogP) is 10.5. The molecule has 6 N–H and O–H groups in total. The van der Waals surface area contributed by atoms with Crippen LogP contribution in [0.1, 0.15) is 155 Å². The molecule has 6 aromatic carbocycles. The van der Waals surface area contributed by atoms with Crippen LogP contribution in [-0.2, 0) is 131 Å². The van der Waals surface area contributed by atoms with Crippen LogP contribution in [0.2, 0.25) is 15.1 Å². The second kappa shape index (κ2) is 51.4. The van der Waals surface area contributed by atoms with Crippen LogP contribution in [0.5, 0.6) is 17.2 Å². The third-order valence-electron chi connectivity index (χ3n) is 18.0. The number of methoxy groups -OCH3 is 2. The fourth-order valence-electron chi connectivity index (χ4n) is 13.1. The van der Waals surface area contributed by atoms with Crippen molar-refractivity contribution in [3.05, 3.63) is 193 Å². The molecule has 30 nitrogen and oxygen atoms in total. The van der Waals surface area contributed by atoms with Crippen LogP contribution in [0, 0.1) is 11.8 Å². The highest BCUT2D eigenvalue weighted by Gasteiger charge is 2.62. The quantitative estimate of drug-likeness (QED) is 0.0151. The fourth-order valence-corrected chi connectivity index (χ4v) is 13.6. The molecule has 0 saturated carbocycles. The van der Waals surface area contributed by atoms with Gasteiger partial charge in [-0.1, -0.05) is 130 Å². The van der Waals surface area contributed by atoms with E-state index in [-0.39, 0.29) is 42.1 Å². The van der Waals surface area contributed by atoms with Crippen LogP contribution < -0.4 is 14.2 Å². The Morgan fingerprint density at radius 3 is 1.12 bits per heavy atom. The van der Waals surface area contributed by atoms with E-state index in [2.05, 4.69) is 11.8 Å². The monoisotopic (exact) mass is 1750 g/mol. The summed E-state index contributed by atoms with van der Waals surface area (Å²) in [4.78, 5) is 96.2. The van der Waals surface area contributed by atoms with E-state index in [9.17, 15) is 58.8 Å². The van der Waals surface area contributed by atoms with E-state index in [1.165, 1.54) is 48.8 Å². The van der Waals surface area contributed by atoms with Crippen LogP contribution in [-0.4, -0.2) is 219 Å². The molecule has 0 spiro atoms. The van der Waals surface area contributed by atoms with Gasteiger partial charge >= 0.3 is 47.8 Å². The Bertz CT molecular complexity index is 4350. The third kappa shape index (κ3) is 30.2. The lowest BCUT2D eigenvalue weighted by Crippen LogP contribution is -2.67. The number of rotatable bonds is 28. The summed E-state index contributed by atoms with van der Waals surface area (Å²) in [6.07, 6.45) is -15.4. The minimum Gasteiger partial charge on any atom is -0.494 e. The molecule has 3 saturated heterocycles. The van der Waals surface area contributed by atoms with Crippen molar-refractivity contribution in [3.63, 3.8) is 0 Å². The molecule has 0 aliphatic carbocycles. The Balaban J connectivity index is 0.000000452. The summed E-state index contributed by atoms with van der Waals surface area (Å²) in [5.41, 5.74) is 6.43. The minimum atomic E-state index is -1.91. The number of hydrogen-bond donors (Lipinski definition) is 6. The summed E-state index contributed by atoms with van der Waals surface area (Å²) >= 11 is 19.5. The molecule has 0 bridgehead atoms. The van der Waals surface area contributed by atoms with Gasteiger partial charge in [-0.25, -0.2) is 0 Å². The molecule has 0 radical (unpaired) electrons. The first-order valence-corrected chi connectivity index (χ1v) is 38.5. The molecule has 0 unspecified atom stereocenters. The summed E-state index contributed by atoms with van der Waals surface area (Å²) in [7, 11) is 2.64. The van der Waals surface area contributed by atoms with E-state index in [0.29, 0.717) is 76.4 Å². The van der Waals surface area contributed by atoms with Crippen LogP contribution in [0.4, 0.5) is 0 Å². The lowest BCUT2D eigenvalue weighted by molar-refractivity contribution is -0.367. The highest BCUT2D eigenvalue weighted by atomic mass is 35.5. The highest BCUT2D eigenvalue weighted by molar-refractivity contribution is 6.32. The lowest BCUT2D eigenvalue weighted by atomic mass is 9.86. The van der Waals surface area contributed by atoms with E-state index >= 15 is 0 Å². The van der Waals surface area contributed by atoms with Gasteiger partial charge in [-0.3, -0.25) is 38.4 Å². The molecule has 3 aliphatic heterocycles. The number of carbonyl (C=O) groups is 8. The fraction of sp³-hybridized carbons (Fsp3) is 0.477. The maximum atomic E-state index is 12.4. The maximum Gasteiger partial charge on any atom is 0.303 e. The maximum absolute atomic E-state index is 12.4. The summed E-state index contributed by atoms with van der Waals surface area (Å²) < 4.78 is 90.0. The van der Waals surface area contributed by atoms with Crippen molar-refractivity contribution in [1.29, 1.82) is 0 Å². The zero-order chi connectivity index (χ0) is 87.1. The number of hydrogen-bond acceptors (Lipinski definition) is 30. The van der Waals surface area contributed by atoms with Gasteiger partial charge < -0.3 is 106 Å². The van der Waals surface area contributed by atoms with Gasteiger partial charge in [-0.05, 0) is 146 Å². The van der Waals surface area contributed by atoms with E-state index in [1.54, 1.807) is 54.6 Å². The molecular weight excluding hydrogens is 1640 g/mol. The molecule has 0 aromatic heterocycles. The Hall–Kier alpha value is -9.53. The first kappa shape index (κ1) is 106. The number of ether oxygens (including phenoxy) is 16. The topological polar surface area (TPSA) is 406 Å². The molecule has 0 amide bonds. The predicted molar refractivity (Wildman–Crippen MR) is 444 cm³/mol. The molecule has 33 heteroatoms. The van der Waals surface area contributed by atoms with Gasteiger partial charge in [0.1, 0.15) is 86.4 Å². The molecule has 15 atom stereocenters. The first-order chi connectivity index (χ1) is 56.1. The Morgan fingerprint density at radius 2 is 0.752 bits per heavy atom. The summed E-state index contributed by atoms with van der Waals surface area (Å²) in [6, 6.07) is 37.9. The van der Waals surface area contributed by atoms with Gasteiger partial charge in [0.05, 0.1) is 26.4 Å². The van der Waals surface area contributed by atoms with Crippen LogP contribution in [0.25, 0.3) is 0 Å². The average molecular weight is 1760 g/mol. The molecule has 9 rings (SSSR count). The zero-order valence-corrected chi connectivity index (χ0v) is 69.8. The van der Waals surface area contributed by atoms with Gasteiger partial charge in [0.25, 0.3) is 0 Å². The number of halogens is 3. The van der Waals surface area contributed by atoms with Crippen molar-refractivity contribution in [1.82, 2.24) is 0 Å². The molecule has 3 fully saturated rings. The van der Waals surface area contributed by atoms with Crippen LogP contribution in [0.15, 0.2) is 127 Å². The van der Waals surface area contributed by atoms with Crippen molar-refractivity contribution < 1.29 is 145 Å². The second-order valence-corrected chi connectivity index (χ2v) is 27.9. The highest BCUT2D eigenvalue weighted by Crippen LogP contribution is 2.46. The number of aliphatic hydroxyl groups is 6. The van der Waals surface area contributed by atoms with Crippen LogP contribution >= 0.6 is 34.8 Å². The standard InChI is InChI=1S/C30H35ClO11.C29H33ClO10.C22H27ClO7.C4H6O2.3CH4/c1-7-37-24-11-8-21(9-12-24)14-22-15-23(10-13-25(22)31)30(36-6)29(41-20(5)35)28(40-19(4)34)27(39-18(3)33)26(42-30)16-38-17(2)32;1-6-35-23-10-7-20(8-11-23)13-22-14-21(9-12-24(22)30)26-28(38-18(4)33)29(39-19(5)34)27(37-17(3)32)25(40-26)15-36-16(2)31;1-3-29-16-7-4-13(5-8-16)10-14-11-15(6-9-17(14)23)22(28-2)21(27)20(26)19(25)18(12-24)30-22;5-3-1-2-4-6;;;/h8-13,15,26-29H,7,14,16H2,1-6H3;7-12,14,25-29H,6,13,15H2,1-5H3;4-9,11,18-21,24-27H,3,10,12H2,1-2H3;5-6H,3-4H2;3*1H4/t26-,27-,28+,29-,30+;25-,26+,27-,28+,29+;18-,19-,20+,21-,22+;;;;/m111..../s1. The molecule has 6 aromatic rings. The summed E-state index contributed by atoms with van der Waals surface area (Å²) in [5, 5.41) is 57.8. The van der Waals surface area contributed by atoms with Gasteiger partial charge in [0.15, 0.2) is 30.5 Å². The van der Waals surface area contributed by atoms with E-state index < -0.39 is 152 Å². The van der Waals surface area contributed by atoms with Gasteiger partial charge in [-0.15, -0.1) is 0 Å².